The summed E-state index contributed by atoms with van der Waals surface area (Å²) in [5.74, 6) is -0.832. The molecule has 4 nitrogen and oxygen atoms in total. The molecule has 1 aromatic rings. The Morgan fingerprint density at radius 1 is 1.25 bits per heavy atom. The van der Waals surface area contributed by atoms with Crippen LogP contribution in [0.4, 0.5) is 18.9 Å². The van der Waals surface area contributed by atoms with Crippen molar-refractivity contribution < 1.29 is 22.8 Å². The van der Waals surface area contributed by atoms with Crippen LogP contribution in [0.5, 0.6) is 0 Å². The summed E-state index contributed by atoms with van der Waals surface area (Å²) >= 11 is 0. The van der Waals surface area contributed by atoms with Crippen LogP contribution in [-0.4, -0.2) is 29.8 Å². The molecule has 0 bridgehead atoms. The zero-order chi connectivity index (χ0) is 17.7. The highest BCUT2D eigenvalue weighted by Crippen LogP contribution is 2.30. The van der Waals surface area contributed by atoms with Gasteiger partial charge >= 0.3 is 6.18 Å². The van der Waals surface area contributed by atoms with Gasteiger partial charge in [-0.05, 0) is 30.7 Å². The lowest BCUT2D eigenvalue weighted by Crippen LogP contribution is -2.29. The zero-order valence-corrected chi connectivity index (χ0v) is 13.5. The third kappa shape index (κ3) is 4.72. The van der Waals surface area contributed by atoms with E-state index in [4.69, 9.17) is 0 Å². The summed E-state index contributed by atoms with van der Waals surface area (Å²) in [5, 5.41) is 2.59. The van der Waals surface area contributed by atoms with Gasteiger partial charge in [0.1, 0.15) is 0 Å². The molecule has 1 heterocycles. The Morgan fingerprint density at radius 2 is 1.92 bits per heavy atom. The average Bonchev–Trinajstić information content (AvgIpc) is 2.89. The molecule has 2 amide bonds. The molecule has 0 aliphatic carbocycles. The number of rotatable bonds is 6. The molecular weight excluding hydrogens is 321 g/mol. The molecule has 24 heavy (non-hydrogen) atoms. The SMILES string of the molecule is CCCCCN1CC(C(=O)Nc2ccc(C(F)(F)F)cc2)CC1=O. The van der Waals surface area contributed by atoms with Crippen molar-refractivity contribution >= 4 is 17.5 Å². The summed E-state index contributed by atoms with van der Waals surface area (Å²) in [5.41, 5.74) is -0.469. The van der Waals surface area contributed by atoms with Gasteiger partial charge in [-0.2, -0.15) is 13.2 Å². The van der Waals surface area contributed by atoms with Crippen molar-refractivity contribution in [1.29, 1.82) is 0 Å². The molecule has 1 N–H and O–H groups in total. The maximum atomic E-state index is 12.5. The topological polar surface area (TPSA) is 49.4 Å². The van der Waals surface area contributed by atoms with E-state index in [2.05, 4.69) is 12.2 Å². The van der Waals surface area contributed by atoms with Crippen molar-refractivity contribution in [1.82, 2.24) is 4.90 Å². The summed E-state index contributed by atoms with van der Waals surface area (Å²) < 4.78 is 37.5. The number of unbranched alkanes of at least 4 members (excludes halogenated alkanes) is 2. The molecule has 1 aliphatic rings. The summed E-state index contributed by atoms with van der Waals surface area (Å²) in [6, 6.07) is 4.28. The molecule has 7 heteroatoms. The van der Waals surface area contributed by atoms with Crippen LogP contribution >= 0.6 is 0 Å². The molecule has 0 saturated carbocycles. The lowest BCUT2D eigenvalue weighted by atomic mass is 10.1. The Bertz CT molecular complexity index is 584. The van der Waals surface area contributed by atoms with Crippen LogP contribution < -0.4 is 5.32 Å². The Morgan fingerprint density at radius 3 is 2.50 bits per heavy atom. The van der Waals surface area contributed by atoms with Crippen LogP contribution in [0, 0.1) is 5.92 Å². The van der Waals surface area contributed by atoms with E-state index in [1.807, 2.05) is 0 Å². The number of nitrogens with zero attached hydrogens (tertiary/aromatic N) is 1. The Kier molecular flexibility index (Phi) is 5.85. The van der Waals surface area contributed by atoms with Gasteiger partial charge in [0.25, 0.3) is 0 Å². The maximum Gasteiger partial charge on any atom is 0.416 e. The minimum atomic E-state index is -4.40. The van der Waals surface area contributed by atoms with E-state index in [9.17, 15) is 22.8 Å². The highest BCUT2D eigenvalue weighted by atomic mass is 19.4. The van der Waals surface area contributed by atoms with Gasteiger partial charge in [0.05, 0.1) is 11.5 Å². The largest absolute Gasteiger partial charge is 0.416 e. The first-order chi connectivity index (χ1) is 11.3. The first kappa shape index (κ1) is 18.3. The van der Waals surface area contributed by atoms with E-state index >= 15 is 0 Å². The van der Waals surface area contributed by atoms with Crippen LogP contribution in [0.1, 0.15) is 38.2 Å². The number of anilines is 1. The van der Waals surface area contributed by atoms with Gasteiger partial charge in [-0.25, -0.2) is 0 Å². The summed E-state index contributed by atoms with van der Waals surface area (Å²) in [4.78, 5) is 25.8. The monoisotopic (exact) mass is 342 g/mol. The van der Waals surface area contributed by atoms with E-state index in [0.717, 1.165) is 31.4 Å². The molecule has 0 aromatic heterocycles. The maximum absolute atomic E-state index is 12.5. The minimum Gasteiger partial charge on any atom is -0.342 e. The second kappa shape index (κ2) is 7.68. The molecule has 0 radical (unpaired) electrons. The Labute approximate surface area is 139 Å². The standard InChI is InChI=1S/C17H21F3N2O2/c1-2-3-4-9-22-11-12(10-15(22)23)16(24)21-14-7-5-13(6-8-14)17(18,19)20/h5-8,12H,2-4,9-11H2,1H3,(H,21,24). The lowest BCUT2D eigenvalue weighted by molar-refractivity contribution is -0.137. The molecule has 132 valence electrons. The van der Waals surface area contributed by atoms with Gasteiger partial charge < -0.3 is 10.2 Å². The number of hydrogen-bond donors (Lipinski definition) is 1. The molecule has 1 atom stereocenters. The van der Waals surface area contributed by atoms with E-state index in [1.54, 1.807) is 4.90 Å². The van der Waals surface area contributed by atoms with Crippen LogP contribution in [-0.2, 0) is 15.8 Å². The van der Waals surface area contributed by atoms with Crippen molar-refractivity contribution in [2.45, 2.75) is 38.8 Å². The molecule has 1 aliphatic heterocycles. The third-order valence-electron chi connectivity index (χ3n) is 4.10. The highest BCUT2D eigenvalue weighted by Gasteiger charge is 2.34. The van der Waals surface area contributed by atoms with Crippen molar-refractivity contribution in [3.8, 4) is 0 Å². The van der Waals surface area contributed by atoms with Crippen molar-refractivity contribution in [3.63, 3.8) is 0 Å². The van der Waals surface area contributed by atoms with Gasteiger partial charge in [-0.3, -0.25) is 9.59 Å². The highest BCUT2D eigenvalue weighted by molar-refractivity contribution is 5.97. The summed E-state index contributed by atoms with van der Waals surface area (Å²) in [7, 11) is 0. The smallest absolute Gasteiger partial charge is 0.342 e. The first-order valence-electron chi connectivity index (χ1n) is 8.07. The Hall–Kier alpha value is -2.05. The molecule has 2 rings (SSSR count). The van der Waals surface area contributed by atoms with Crippen LogP contribution in [0.15, 0.2) is 24.3 Å². The number of carbonyl (C=O) groups is 2. The van der Waals surface area contributed by atoms with E-state index in [1.165, 1.54) is 12.1 Å². The number of nitrogens with one attached hydrogen (secondary N) is 1. The van der Waals surface area contributed by atoms with Gasteiger partial charge in [0.2, 0.25) is 11.8 Å². The zero-order valence-electron chi connectivity index (χ0n) is 13.5. The second-order valence-electron chi connectivity index (χ2n) is 6.01. The van der Waals surface area contributed by atoms with Gasteiger partial charge in [0.15, 0.2) is 0 Å². The van der Waals surface area contributed by atoms with Crippen LogP contribution in [0.2, 0.25) is 0 Å². The number of halogens is 3. The molecule has 1 fully saturated rings. The van der Waals surface area contributed by atoms with E-state index in [0.29, 0.717) is 18.8 Å². The molecular formula is C17H21F3N2O2. The fourth-order valence-corrected chi connectivity index (χ4v) is 2.70. The predicted octanol–water partition coefficient (Wildman–Crippen LogP) is 3.68. The fourth-order valence-electron chi connectivity index (χ4n) is 2.70. The number of amides is 2. The first-order valence-corrected chi connectivity index (χ1v) is 8.07. The second-order valence-corrected chi connectivity index (χ2v) is 6.01. The number of carbonyl (C=O) groups excluding carboxylic acids is 2. The van der Waals surface area contributed by atoms with Crippen LogP contribution in [0.3, 0.4) is 0 Å². The molecule has 1 unspecified atom stereocenters. The van der Waals surface area contributed by atoms with Crippen molar-refractivity contribution in [2.24, 2.45) is 5.92 Å². The minimum absolute atomic E-state index is 0.0429. The van der Waals surface area contributed by atoms with Gasteiger partial charge in [-0.15, -0.1) is 0 Å². The fraction of sp³-hybridized carbons (Fsp3) is 0.529. The Balaban J connectivity index is 1.90. The number of likely N-dealkylation sites (tertiary alicyclic amines) is 1. The van der Waals surface area contributed by atoms with Gasteiger partial charge in [-0.1, -0.05) is 19.8 Å². The van der Waals surface area contributed by atoms with E-state index < -0.39 is 17.7 Å². The number of hydrogen-bond acceptors (Lipinski definition) is 2. The molecule has 1 saturated heterocycles. The number of benzene rings is 1. The number of alkyl halides is 3. The van der Waals surface area contributed by atoms with Crippen molar-refractivity contribution in [3.05, 3.63) is 29.8 Å². The molecule has 1 aromatic carbocycles. The quantitative estimate of drug-likeness (QED) is 0.802. The third-order valence-corrected chi connectivity index (χ3v) is 4.10. The van der Waals surface area contributed by atoms with Gasteiger partial charge in [0, 0.05) is 25.2 Å². The predicted molar refractivity (Wildman–Crippen MR) is 84.3 cm³/mol. The normalized spacial score (nSPS) is 18.1. The van der Waals surface area contributed by atoms with Crippen molar-refractivity contribution in [2.75, 3.05) is 18.4 Å². The average molecular weight is 342 g/mol. The summed E-state index contributed by atoms with van der Waals surface area (Å²) in [6.07, 6.45) is -1.25. The van der Waals surface area contributed by atoms with E-state index in [-0.39, 0.29) is 18.2 Å². The lowest BCUT2D eigenvalue weighted by Gasteiger charge is -2.16. The van der Waals surface area contributed by atoms with Crippen LogP contribution in [0.25, 0.3) is 0 Å². The summed E-state index contributed by atoms with van der Waals surface area (Å²) in [6.45, 7) is 3.10. The molecule has 0 spiro atoms.